The van der Waals surface area contributed by atoms with Gasteiger partial charge in [-0.05, 0) is 44.7 Å². The fourth-order valence-electron chi connectivity index (χ4n) is 2.00. The molecule has 0 aliphatic rings. The maximum Gasteiger partial charge on any atom is 0.153 e. The summed E-state index contributed by atoms with van der Waals surface area (Å²) < 4.78 is 22.7. The molecule has 0 aromatic heterocycles. The first-order valence-electron chi connectivity index (χ1n) is 7.69. The van der Waals surface area contributed by atoms with Gasteiger partial charge in [0.15, 0.2) is 9.84 Å². The quantitative estimate of drug-likeness (QED) is 0.799. The third kappa shape index (κ3) is 5.44. The topological polar surface area (TPSA) is 46.2 Å². The van der Waals surface area contributed by atoms with Gasteiger partial charge in [-0.1, -0.05) is 37.6 Å². The van der Waals surface area contributed by atoms with Crippen LogP contribution in [0.2, 0.25) is 0 Å². The molecule has 0 heterocycles. The highest BCUT2D eigenvalue weighted by Crippen LogP contribution is 2.18. The van der Waals surface area contributed by atoms with Crippen molar-refractivity contribution in [3.63, 3.8) is 0 Å². The van der Waals surface area contributed by atoms with Crippen LogP contribution >= 0.6 is 0 Å². The van der Waals surface area contributed by atoms with E-state index in [0.717, 1.165) is 6.42 Å². The van der Waals surface area contributed by atoms with Crippen LogP contribution in [-0.4, -0.2) is 26.0 Å². The molecule has 0 aliphatic heterocycles. The zero-order chi connectivity index (χ0) is 16.1. The van der Waals surface area contributed by atoms with Crippen LogP contribution in [0.5, 0.6) is 0 Å². The number of nitrogens with one attached hydrogen (secondary N) is 1. The lowest BCUT2D eigenvalue weighted by Crippen LogP contribution is -2.42. The zero-order valence-electron chi connectivity index (χ0n) is 13.9. The Bertz CT molecular complexity index is 532. The van der Waals surface area contributed by atoms with E-state index in [2.05, 4.69) is 43.4 Å². The van der Waals surface area contributed by atoms with Gasteiger partial charge in [-0.15, -0.1) is 0 Å². The van der Waals surface area contributed by atoms with Crippen molar-refractivity contribution < 1.29 is 8.42 Å². The second-order valence-electron chi connectivity index (χ2n) is 6.48. The Morgan fingerprint density at radius 3 is 2.24 bits per heavy atom. The van der Waals surface area contributed by atoms with E-state index >= 15 is 0 Å². The van der Waals surface area contributed by atoms with Crippen LogP contribution in [0.1, 0.15) is 57.7 Å². The number of hydrogen-bond acceptors (Lipinski definition) is 3. The SMILES string of the molecule is CCCCc1ccc(C(C)NCC(C)(C)S(C)(=O)=O)cc1. The third-order valence-corrected chi connectivity index (χ3v) is 6.29. The monoisotopic (exact) mass is 311 g/mol. The maximum absolute atomic E-state index is 11.7. The highest BCUT2D eigenvalue weighted by molar-refractivity contribution is 7.92. The van der Waals surface area contributed by atoms with Crippen LogP contribution in [0.4, 0.5) is 0 Å². The van der Waals surface area contributed by atoms with Crippen LogP contribution < -0.4 is 5.32 Å². The van der Waals surface area contributed by atoms with Gasteiger partial charge in [-0.3, -0.25) is 0 Å². The molecule has 0 saturated carbocycles. The Morgan fingerprint density at radius 2 is 1.76 bits per heavy atom. The van der Waals surface area contributed by atoms with Gasteiger partial charge in [-0.25, -0.2) is 8.42 Å². The predicted octanol–water partition coefficient (Wildman–Crippen LogP) is 3.50. The normalized spacial score (nSPS) is 14.1. The summed E-state index contributed by atoms with van der Waals surface area (Å²) in [4.78, 5) is 0. The standard InChI is InChI=1S/C17H29NO2S/c1-6-7-8-15-9-11-16(12-10-15)14(2)18-13-17(3,4)21(5,19)20/h9-12,14,18H,6-8,13H2,1-5H3. The Morgan fingerprint density at radius 1 is 1.19 bits per heavy atom. The van der Waals surface area contributed by atoms with Gasteiger partial charge in [0.05, 0.1) is 4.75 Å². The molecule has 3 nitrogen and oxygen atoms in total. The van der Waals surface area contributed by atoms with E-state index in [1.807, 2.05) is 0 Å². The van der Waals surface area contributed by atoms with Crippen molar-refractivity contribution in [2.45, 2.75) is 57.7 Å². The highest BCUT2D eigenvalue weighted by atomic mass is 32.2. The van der Waals surface area contributed by atoms with Crippen LogP contribution in [0.25, 0.3) is 0 Å². The molecule has 0 bridgehead atoms. The van der Waals surface area contributed by atoms with Crippen LogP contribution in [-0.2, 0) is 16.3 Å². The molecule has 120 valence electrons. The number of rotatable bonds is 8. The van der Waals surface area contributed by atoms with Crippen molar-refractivity contribution in [2.75, 3.05) is 12.8 Å². The molecule has 1 unspecified atom stereocenters. The Balaban J connectivity index is 2.62. The molecule has 0 radical (unpaired) electrons. The Kier molecular flexibility index (Phi) is 6.41. The van der Waals surface area contributed by atoms with Gasteiger partial charge in [0.25, 0.3) is 0 Å². The molecule has 1 aromatic rings. The van der Waals surface area contributed by atoms with E-state index in [4.69, 9.17) is 0 Å². The van der Waals surface area contributed by atoms with Crippen LogP contribution in [0.15, 0.2) is 24.3 Å². The summed E-state index contributed by atoms with van der Waals surface area (Å²) in [6.45, 7) is 8.24. The van der Waals surface area contributed by atoms with Gasteiger partial charge in [0, 0.05) is 18.8 Å². The van der Waals surface area contributed by atoms with Gasteiger partial charge in [0.1, 0.15) is 0 Å². The lowest BCUT2D eigenvalue weighted by atomic mass is 10.0. The molecule has 0 saturated heterocycles. The lowest BCUT2D eigenvalue weighted by molar-refractivity contribution is 0.489. The van der Waals surface area contributed by atoms with Crippen molar-refractivity contribution in [3.8, 4) is 0 Å². The van der Waals surface area contributed by atoms with Gasteiger partial charge < -0.3 is 5.32 Å². The number of sulfone groups is 1. The summed E-state index contributed by atoms with van der Waals surface area (Å²) in [5.74, 6) is 0. The molecular weight excluding hydrogens is 282 g/mol. The second-order valence-corrected chi connectivity index (χ2v) is 9.13. The average Bonchev–Trinajstić information content (AvgIpc) is 2.42. The summed E-state index contributed by atoms with van der Waals surface area (Å²) >= 11 is 0. The first-order chi connectivity index (χ1) is 9.67. The van der Waals surface area contributed by atoms with Crippen molar-refractivity contribution >= 4 is 9.84 Å². The first-order valence-corrected chi connectivity index (χ1v) is 9.58. The van der Waals surface area contributed by atoms with E-state index in [1.54, 1.807) is 13.8 Å². The largest absolute Gasteiger partial charge is 0.309 e. The second kappa shape index (κ2) is 7.41. The number of hydrogen-bond donors (Lipinski definition) is 1. The van der Waals surface area contributed by atoms with Crippen molar-refractivity contribution in [1.82, 2.24) is 5.32 Å². The summed E-state index contributed by atoms with van der Waals surface area (Å²) in [6.07, 6.45) is 4.84. The molecule has 0 aliphatic carbocycles. The average molecular weight is 311 g/mol. The number of aryl methyl sites for hydroxylation is 1. The van der Waals surface area contributed by atoms with E-state index in [1.165, 1.54) is 30.2 Å². The molecule has 0 spiro atoms. The smallest absolute Gasteiger partial charge is 0.153 e. The molecule has 0 fully saturated rings. The lowest BCUT2D eigenvalue weighted by Gasteiger charge is -2.25. The Labute approximate surface area is 130 Å². The third-order valence-electron chi connectivity index (χ3n) is 4.14. The molecule has 21 heavy (non-hydrogen) atoms. The van der Waals surface area contributed by atoms with Crippen molar-refractivity contribution in [2.24, 2.45) is 0 Å². The maximum atomic E-state index is 11.7. The fraction of sp³-hybridized carbons (Fsp3) is 0.647. The van der Waals surface area contributed by atoms with Gasteiger partial charge >= 0.3 is 0 Å². The van der Waals surface area contributed by atoms with Crippen molar-refractivity contribution in [3.05, 3.63) is 35.4 Å². The summed E-state index contributed by atoms with van der Waals surface area (Å²) in [5.41, 5.74) is 2.56. The predicted molar refractivity (Wildman–Crippen MR) is 90.4 cm³/mol. The van der Waals surface area contributed by atoms with Crippen LogP contribution in [0, 0.1) is 0 Å². The minimum Gasteiger partial charge on any atom is -0.309 e. The molecular formula is C17H29NO2S. The van der Waals surface area contributed by atoms with Crippen molar-refractivity contribution in [1.29, 1.82) is 0 Å². The fourth-order valence-corrected chi connectivity index (χ4v) is 2.35. The van der Waals surface area contributed by atoms with E-state index < -0.39 is 14.6 Å². The zero-order valence-corrected chi connectivity index (χ0v) is 14.8. The summed E-state index contributed by atoms with van der Waals surface area (Å²) in [6, 6.07) is 8.76. The Hall–Kier alpha value is -0.870. The van der Waals surface area contributed by atoms with Gasteiger partial charge in [-0.2, -0.15) is 0 Å². The summed E-state index contributed by atoms with van der Waals surface area (Å²) in [7, 11) is -3.06. The number of benzene rings is 1. The summed E-state index contributed by atoms with van der Waals surface area (Å²) in [5, 5.41) is 3.33. The molecule has 0 amide bonds. The minimum atomic E-state index is -3.06. The minimum absolute atomic E-state index is 0.145. The van der Waals surface area contributed by atoms with E-state index in [9.17, 15) is 8.42 Å². The van der Waals surface area contributed by atoms with E-state index in [0.29, 0.717) is 6.54 Å². The van der Waals surface area contributed by atoms with E-state index in [-0.39, 0.29) is 6.04 Å². The highest BCUT2D eigenvalue weighted by Gasteiger charge is 2.30. The molecule has 1 N–H and O–H groups in total. The van der Waals surface area contributed by atoms with Crippen LogP contribution in [0.3, 0.4) is 0 Å². The molecule has 1 aromatic carbocycles. The first kappa shape index (κ1) is 18.2. The molecule has 4 heteroatoms. The number of unbranched alkanes of at least 4 members (excludes halogenated alkanes) is 1. The molecule has 1 rings (SSSR count). The van der Waals surface area contributed by atoms with Gasteiger partial charge in [0.2, 0.25) is 0 Å². The molecule has 1 atom stereocenters.